The van der Waals surface area contributed by atoms with E-state index < -0.39 is 0 Å². The van der Waals surface area contributed by atoms with Crippen molar-refractivity contribution in [3.63, 3.8) is 0 Å². The summed E-state index contributed by atoms with van der Waals surface area (Å²) in [4.78, 5) is 0. The lowest BCUT2D eigenvalue weighted by Gasteiger charge is -2.01. The van der Waals surface area contributed by atoms with E-state index in [2.05, 4.69) is 25.3 Å². The third kappa shape index (κ3) is 48.5. The summed E-state index contributed by atoms with van der Waals surface area (Å²) in [6.07, 6.45) is 30.8. The molecule has 0 aliphatic rings. The molecule has 0 saturated heterocycles. The van der Waals surface area contributed by atoms with Crippen molar-refractivity contribution < 1.29 is 0 Å². The van der Waals surface area contributed by atoms with Crippen molar-refractivity contribution in [2.45, 2.75) is 155 Å². The third-order valence-electron chi connectivity index (χ3n) is 5.62. The Hall–Kier alpha value is -0.160. The zero-order valence-electron chi connectivity index (χ0n) is 22.0. The Balaban J connectivity index is -0.000000452. The molecule has 0 aromatic heterocycles. The molecule has 4 heteroatoms. The molecule has 0 saturated carbocycles. The molecule has 0 aromatic rings. The summed E-state index contributed by atoms with van der Waals surface area (Å²) in [6.45, 7) is 6.54. The minimum atomic E-state index is 0.250. The van der Waals surface area contributed by atoms with Gasteiger partial charge in [-0.15, -0.1) is 0 Å². The molecule has 0 bridgehead atoms. The maximum absolute atomic E-state index is 5.44. The Kier molecular flexibility index (Phi) is 46.0. The summed E-state index contributed by atoms with van der Waals surface area (Å²) in [7, 11) is 0. The lowest BCUT2D eigenvalue weighted by atomic mass is 10.1. The molecule has 0 rings (SSSR count). The second-order valence-corrected chi connectivity index (χ2v) is 8.88. The molecular formula is C27H64N4. The quantitative estimate of drug-likeness (QED) is 0.103. The Morgan fingerprint density at radius 2 is 0.452 bits per heavy atom. The van der Waals surface area contributed by atoms with Crippen LogP contribution >= 0.6 is 0 Å². The van der Waals surface area contributed by atoms with Gasteiger partial charge in [0, 0.05) is 6.67 Å². The smallest absolute Gasteiger partial charge is 0.0403 e. The lowest BCUT2D eigenvalue weighted by Crippen LogP contribution is -2.08. The first-order valence-electron chi connectivity index (χ1n) is 14.0. The summed E-state index contributed by atoms with van der Waals surface area (Å²) in [5, 5.41) is 0. The molecule has 0 aromatic carbocycles. The average Bonchev–Trinajstić information content (AvgIpc) is 2.77. The van der Waals surface area contributed by atoms with E-state index >= 15 is 0 Å². The average molecular weight is 445 g/mol. The van der Waals surface area contributed by atoms with Crippen LogP contribution in [0, 0.1) is 0 Å². The molecule has 31 heavy (non-hydrogen) atoms. The summed E-state index contributed by atoms with van der Waals surface area (Å²) in [6, 6.07) is 0. The van der Waals surface area contributed by atoms with Gasteiger partial charge in [-0.05, 0) is 25.9 Å². The van der Waals surface area contributed by atoms with Crippen LogP contribution in [0.4, 0.5) is 0 Å². The fraction of sp³-hybridized carbons (Fsp3) is 1.00. The molecule has 0 aliphatic heterocycles. The van der Waals surface area contributed by atoms with E-state index in [0.717, 1.165) is 13.1 Å². The monoisotopic (exact) mass is 445 g/mol. The van der Waals surface area contributed by atoms with E-state index in [9.17, 15) is 0 Å². The van der Waals surface area contributed by atoms with E-state index in [1.807, 2.05) is 0 Å². The van der Waals surface area contributed by atoms with Crippen molar-refractivity contribution in [2.24, 2.45) is 22.9 Å². The molecule has 0 spiro atoms. The third-order valence-corrected chi connectivity index (χ3v) is 5.62. The van der Waals surface area contributed by atoms with Crippen molar-refractivity contribution in [1.29, 1.82) is 0 Å². The largest absolute Gasteiger partial charge is 0.330 e. The molecule has 0 unspecified atom stereocenters. The van der Waals surface area contributed by atoms with Gasteiger partial charge >= 0.3 is 0 Å². The lowest BCUT2D eigenvalue weighted by molar-refractivity contribution is 0.548. The highest BCUT2D eigenvalue weighted by atomic mass is 14.7. The summed E-state index contributed by atoms with van der Waals surface area (Å²) < 4.78 is 0. The minimum Gasteiger partial charge on any atom is -0.330 e. The normalized spacial score (nSPS) is 10.3. The number of hydrogen-bond acceptors (Lipinski definition) is 4. The molecular weight excluding hydrogens is 380 g/mol. The number of nitrogens with two attached hydrogens (primary N) is 4. The van der Waals surface area contributed by atoms with Crippen molar-refractivity contribution >= 4 is 0 Å². The highest BCUT2D eigenvalue weighted by Crippen LogP contribution is 2.11. The van der Waals surface area contributed by atoms with Crippen LogP contribution in [0.1, 0.15) is 155 Å². The predicted molar refractivity (Wildman–Crippen MR) is 144 cm³/mol. The number of hydrogen-bond donors (Lipinski definition) is 4. The minimum absolute atomic E-state index is 0.250. The van der Waals surface area contributed by atoms with Crippen molar-refractivity contribution in [1.82, 2.24) is 0 Å². The Morgan fingerprint density at radius 3 is 0.613 bits per heavy atom. The second-order valence-electron chi connectivity index (χ2n) is 8.88. The van der Waals surface area contributed by atoms with Crippen molar-refractivity contribution in [3.05, 3.63) is 0 Å². The van der Waals surface area contributed by atoms with Gasteiger partial charge in [0.1, 0.15) is 0 Å². The van der Waals surface area contributed by atoms with Crippen LogP contribution in [-0.2, 0) is 0 Å². The van der Waals surface area contributed by atoms with Crippen molar-refractivity contribution in [2.75, 3.05) is 19.8 Å². The van der Waals surface area contributed by atoms with Gasteiger partial charge in [-0.25, -0.2) is 0 Å². The van der Waals surface area contributed by atoms with Crippen molar-refractivity contribution in [3.8, 4) is 0 Å². The second kappa shape index (κ2) is 40.2. The summed E-state index contributed by atoms with van der Waals surface area (Å²) >= 11 is 0. The van der Waals surface area contributed by atoms with Gasteiger partial charge in [0.25, 0.3) is 0 Å². The van der Waals surface area contributed by atoms with Crippen LogP contribution in [0.15, 0.2) is 0 Å². The van der Waals surface area contributed by atoms with Gasteiger partial charge in [0.15, 0.2) is 0 Å². The first-order chi connectivity index (χ1) is 15.2. The summed E-state index contributed by atoms with van der Waals surface area (Å²) in [5.74, 6) is 0. The van der Waals surface area contributed by atoms with Crippen LogP contribution < -0.4 is 22.9 Å². The van der Waals surface area contributed by atoms with Gasteiger partial charge < -0.3 is 22.9 Å². The van der Waals surface area contributed by atoms with Gasteiger partial charge in [0.2, 0.25) is 0 Å². The molecule has 4 nitrogen and oxygen atoms in total. The molecule has 192 valence electrons. The van der Waals surface area contributed by atoms with Gasteiger partial charge in [-0.3, -0.25) is 0 Å². The van der Waals surface area contributed by atoms with Crippen LogP contribution in [0.25, 0.3) is 0 Å². The van der Waals surface area contributed by atoms with E-state index in [4.69, 9.17) is 11.5 Å². The van der Waals surface area contributed by atoms with Crippen LogP contribution in [-0.4, -0.2) is 19.8 Å². The van der Waals surface area contributed by atoms with Gasteiger partial charge in [-0.2, -0.15) is 0 Å². The van der Waals surface area contributed by atoms with E-state index in [0.29, 0.717) is 0 Å². The molecule has 0 radical (unpaired) electrons. The van der Waals surface area contributed by atoms with E-state index in [-0.39, 0.29) is 6.67 Å². The van der Waals surface area contributed by atoms with E-state index in [1.165, 1.54) is 141 Å². The molecule has 8 N–H and O–H groups in total. The highest BCUT2D eigenvalue weighted by molar-refractivity contribution is 4.49. The standard InChI is InChI=1S/C13H30N2.C13H28.CH6N2/c14-12-10-8-6-4-2-1-3-5-7-9-11-13-15;1-3-5-7-9-11-13-12-10-8-6-4-2;2-1-3/h1-15H2;3-13H2,1-2H3;1-3H2. The highest BCUT2D eigenvalue weighted by Gasteiger charge is 1.93. The van der Waals surface area contributed by atoms with Crippen LogP contribution in [0.2, 0.25) is 0 Å². The molecule has 0 atom stereocenters. The van der Waals surface area contributed by atoms with Crippen LogP contribution in [0.5, 0.6) is 0 Å². The van der Waals surface area contributed by atoms with Crippen LogP contribution in [0.3, 0.4) is 0 Å². The number of unbranched alkanes of at least 4 members (excludes halogenated alkanes) is 20. The Bertz CT molecular complexity index is 227. The molecule has 0 heterocycles. The number of rotatable bonds is 22. The van der Waals surface area contributed by atoms with E-state index in [1.54, 1.807) is 0 Å². The molecule has 0 fully saturated rings. The zero-order chi connectivity index (χ0) is 23.7. The summed E-state index contributed by atoms with van der Waals surface area (Å²) in [5.41, 5.74) is 20.1. The van der Waals surface area contributed by atoms with Gasteiger partial charge in [-0.1, -0.05) is 142 Å². The Labute approximate surface area is 198 Å². The zero-order valence-corrected chi connectivity index (χ0v) is 22.0. The van der Waals surface area contributed by atoms with Gasteiger partial charge in [0.05, 0.1) is 0 Å². The maximum atomic E-state index is 5.44. The molecule has 0 amide bonds. The topological polar surface area (TPSA) is 104 Å². The maximum Gasteiger partial charge on any atom is 0.0403 e. The Morgan fingerprint density at radius 1 is 0.290 bits per heavy atom. The fourth-order valence-corrected chi connectivity index (χ4v) is 3.62. The first-order valence-corrected chi connectivity index (χ1v) is 14.0. The SMILES string of the molecule is CCCCCCCCCCCCC.NCCCCCCCCCCCCCN.NCN. The predicted octanol–water partition coefficient (Wildman–Crippen LogP) is 7.37. The molecule has 0 aliphatic carbocycles. The first kappa shape index (κ1) is 35.4. The fourth-order valence-electron chi connectivity index (χ4n) is 3.62.